The van der Waals surface area contributed by atoms with Crippen LogP contribution in [0.15, 0.2) is 65.7 Å². The van der Waals surface area contributed by atoms with Gasteiger partial charge in [0, 0.05) is 22.2 Å². The van der Waals surface area contributed by atoms with Gasteiger partial charge in [-0.25, -0.2) is 9.79 Å². The van der Waals surface area contributed by atoms with Crippen LogP contribution in [0.4, 0.5) is 11.4 Å². The average Bonchev–Trinajstić information content (AvgIpc) is 3.38. The monoisotopic (exact) mass is 599 g/mol. The Labute approximate surface area is 244 Å². The fraction of sp³-hybridized carbons (Fsp3) is 0.214. The number of rotatable bonds is 7. The lowest BCUT2D eigenvalue weighted by Crippen LogP contribution is -2.44. The van der Waals surface area contributed by atoms with Crippen molar-refractivity contribution >= 4 is 69.3 Å². The Kier molecular flexibility index (Phi) is 8.49. The molecule has 40 heavy (non-hydrogen) atoms. The topological polar surface area (TPSA) is 107 Å². The van der Waals surface area contributed by atoms with E-state index in [0.29, 0.717) is 43.7 Å². The lowest BCUT2D eigenvalue weighted by atomic mass is 10.1. The van der Waals surface area contributed by atoms with Crippen molar-refractivity contribution in [2.75, 3.05) is 18.7 Å². The molecule has 0 spiro atoms. The zero-order valence-electron chi connectivity index (χ0n) is 21.2. The van der Waals surface area contributed by atoms with Gasteiger partial charge in [-0.2, -0.15) is 0 Å². The molecule has 2 amide bonds. The molecule has 0 radical (unpaired) electrons. The first kappa shape index (κ1) is 27.8. The molecule has 5 rings (SSSR count). The SMILES string of the molecule is CCOC(=O)c1ccc(N=C2SC(C(=O)Nc3cc(Cl)cc(Cl)c3)CC(=O)N2Cc2ccc3c(c2)OCO3)cc1. The van der Waals surface area contributed by atoms with E-state index < -0.39 is 11.2 Å². The predicted molar refractivity (Wildman–Crippen MR) is 154 cm³/mol. The van der Waals surface area contributed by atoms with Gasteiger partial charge in [0.2, 0.25) is 18.6 Å². The van der Waals surface area contributed by atoms with E-state index in [-0.39, 0.29) is 38.2 Å². The normalized spacial score (nSPS) is 17.2. The van der Waals surface area contributed by atoms with E-state index in [1.807, 2.05) is 12.1 Å². The number of aliphatic imine (C=N–C) groups is 1. The second-order valence-electron chi connectivity index (χ2n) is 8.79. The second kappa shape index (κ2) is 12.2. The van der Waals surface area contributed by atoms with Gasteiger partial charge in [0.05, 0.1) is 24.4 Å². The van der Waals surface area contributed by atoms with Crippen LogP contribution in [0.3, 0.4) is 0 Å². The number of nitrogens with one attached hydrogen (secondary N) is 1. The van der Waals surface area contributed by atoms with E-state index in [1.165, 1.54) is 16.7 Å². The molecule has 1 atom stereocenters. The zero-order valence-corrected chi connectivity index (χ0v) is 23.5. The fourth-order valence-corrected chi connectivity index (χ4v) is 5.69. The van der Waals surface area contributed by atoms with Gasteiger partial charge < -0.3 is 19.5 Å². The molecule has 1 fully saturated rings. The Bertz CT molecular complexity index is 1480. The van der Waals surface area contributed by atoms with E-state index >= 15 is 0 Å². The van der Waals surface area contributed by atoms with Crippen LogP contribution in [0.25, 0.3) is 0 Å². The number of hydrogen-bond acceptors (Lipinski definition) is 8. The molecule has 0 bridgehead atoms. The number of nitrogens with zero attached hydrogens (tertiary/aromatic N) is 2. The van der Waals surface area contributed by atoms with E-state index in [9.17, 15) is 14.4 Å². The summed E-state index contributed by atoms with van der Waals surface area (Å²) < 4.78 is 15.9. The summed E-state index contributed by atoms with van der Waals surface area (Å²) in [5, 5.41) is 3.12. The van der Waals surface area contributed by atoms with E-state index in [4.69, 9.17) is 37.4 Å². The third-order valence-electron chi connectivity index (χ3n) is 5.94. The van der Waals surface area contributed by atoms with Gasteiger partial charge in [0.15, 0.2) is 16.7 Å². The Morgan fingerprint density at radius 2 is 1.77 bits per heavy atom. The van der Waals surface area contributed by atoms with Crippen molar-refractivity contribution < 1.29 is 28.6 Å². The molecule has 3 aromatic carbocycles. The van der Waals surface area contributed by atoms with Crippen molar-refractivity contribution in [2.45, 2.75) is 25.1 Å². The molecule has 0 aliphatic carbocycles. The Hall–Kier alpha value is -3.73. The number of amidine groups is 1. The molecule has 9 nitrogen and oxygen atoms in total. The van der Waals surface area contributed by atoms with Crippen molar-refractivity contribution in [3.05, 3.63) is 81.8 Å². The fourth-order valence-electron chi connectivity index (χ4n) is 4.06. The molecule has 12 heteroatoms. The van der Waals surface area contributed by atoms with Crippen LogP contribution < -0.4 is 14.8 Å². The second-order valence-corrected chi connectivity index (χ2v) is 10.8. The molecule has 2 aliphatic heterocycles. The van der Waals surface area contributed by atoms with Crippen LogP contribution in [0.1, 0.15) is 29.3 Å². The van der Waals surface area contributed by atoms with E-state index in [2.05, 4.69) is 10.3 Å². The van der Waals surface area contributed by atoms with Crippen LogP contribution in [0.2, 0.25) is 10.0 Å². The molecule has 1 unspecified atom stereocenters. The third-order valence-corrected chi connectivity index (χ3v) is 7.57. The number of carbonyl (C=O) groups excluding carboxylic acids is 3. The molecular formula is C28H23Cl2N3O6S. The highest BCUT2D eigenvalue weighted by atomic mass is 35.5. The first-order valence-corrected chi connectivity index (χ1v) is 13.9. The van der Waals surface area contributed by atoms with E-state index in [0.717, 1.165) is 5.56 Å². The maximum absolute atomic E-state index is 13.4. The molecule has 1 saturated heterocycles. The van der Waals surface area contributed by atoms with Gasteiger partial charge in [-0.15, -0.1) is 0 Å². The first-order valence-electron chi connectivity index (χ1n) is 12.3. The average molecular weight is 600 g/mol. The molecule has 2 heterocycles. The Balaban J connectivity index is 1.41. The quantitative estimate of drug-likeness (QED) is 0.329. The van der Waals surface area contributed by atoms with E-state index in [1.54, 1.807) is 55.5 Å². The lowest BCUT2D eigenvalue weighted by molar-refractivity contribution is -0.129. The van der Waals surface area contributed by atoms with Crippen LogP contribution in [-0.4, -0.2) is 46.5 Å². The van der Waals surface area contributed by atoms with Gasteiger partial charge in [-0.1, -0.05) is 41.0 Å². The highest BCUT2D eigenvalue weighted by Gasteiger charge is 2.36. The maximum atomic E-state index is 13.4. The molecule has 0 saturated carbocycles. The third kappa shape index (κ3) is 6.52. The summed E-state index contributed by atoms with van der Waals surface area (Å²) in [7, 11) is 0. The maximum Gasteiger partial charge on any atom is 0.338 e. The number of thioether (sulfide) groups is 1. The summed E-state index contributed by atoms with van der Waals surface area (Å²) in [6.45, 7) is 2.35. The van der Waals surface area contributed by atoms with Gasteiger partial charge >= 0.3 is 5.97 Å². The first-order chi connectivity index (χ1) is 19.3. The number of benzene rings is 3. The van der Waals surface area contributed by atoms with Crippen LogP contribution in [-0.2, 0) is 20.9 Å². The minimum atomic E-state index is -0.754. The van der Waals surface area contributed by atoms with Gasteiger partial charge in [0.1, 0.15) is 5.25 Å². The lowest BCUT2D eigenvalue weighted by Gasteiger charge is -2.32. The number of fused-ring (bicyclic) bond motifs is 1. The number of hydrogen-bond donors (Lipinski definition) is 1. The van der Waals surface area contributed by atoms with Crippen molar-refractivity contribution in [3.63, 3.8) is 0 Å². The van der Waals surface area contributed by atoms with Crippen molar-refractivity contribution in [1.82, 2.24) is 4.90 Å². The molecule has 0 aromatic heterocycles. The molecule has 3 aromatic rings. The number of amides is 2. The highest BCUT2D eigenvalue weighted by molar-refractivity contribution is 8.15. The van der Waals surface area contributed by atoms with Crippen molar-refractivity contribution in [1.29, 1.82) is 0 Å². The summed E-state index contributed by atoms with van der Waals surface area (Å²) in [5.74, 6) is 0.134. The number of halogens is 2. The summed E-state index contributed by atoms with van der Waals surface area (Å²) in [4.78, 5) is 44.9. The zero-order chi connectivity index (χ0) is 28.2. The molecule has 2 aliphatic rings. The number of ether oxygens (including phenoxy) is 3. The smallest absolute Gasteiger partial charge is 0.338 e. The largest absolute Gasteiger partial charge is 0.462 e. The summed E-state index contributed by atoms with van der Waals surface area (Å²) >= 11 is 13.3. The van der Waals surface area contributed by atoms with Gasteiger partial charge in [-0.05, 0) is 67.1 Å². The summed E-state index contributed by atoms with van der Waals surface area (Å²) in [6.07, 6.45) is -0.0455. The predicted octanol–water partition coefficient (Wildman–Crippen LogP) is 6.06. The minimum absolute atomic E-state index is 0.0455. The molecule has 1 N–H and O–H groups in total. The number of carbonyl (C=O) groups is 3. The van der Waals surface area contributed by atoms with Crippen LogP contribution >= 0.6 is 35.0 Å². The number of esters is 1. The molecule has 206 valence electrons. The number of anilines is 1. The molecular weight excluding hydrogens is 577 g/mol. The van der Waals surface area contributed by atoms with Crippen molar-refractivity contribution in [2.24, 2.45) is 4.99 Å². The Morgan fingerprint density at radius 1 is 1.05 bits per heavy atom. The summed E-state index contributed by atoms with van der Waals surface area (Å²) in [6, 6.07) is 16.7. The standard InChI is InChI=1S/C28H23Cl2N3O6S/c1-2-37-27(36)17-4-6-20(7-5-17)32-28-33(14-16-3-8-22-23(9-16)39-15-38-22)25(34)13-24(40-28)26(35)31-21-11-18(29)10-19(30)12-21/h3-12,24H,2,13-15H2,1H3,(H,31,35). The van der Waals surface area contributed by atoms with Crippen molar-refractivity contribution in [3.8, 4) is 11.5 Å². The van der Waals surface area contributed by atoms with Crippen LogP contribution in [0, 0.1) is 0 Å². The van der Waals surface area contributed by atoms with Gasteiger partial charge in [-0.3, -0.25) is 14.5 Å². The summed E-state index contributed by atoms with van der Waals surface area (Å²) in [5.41, 5.74) is 2.11. The highest BCUT2D eigenvalue weighted by Crippen LogP contribution is 2.35. The van der Waals surface area contributed by atoms with Gasteiger partial charge in [0.25, 0.3) is 0 Å². The van der Waals surface area contributed by atoms with Crippen LogP contribution in [0.5, 0.6) is 11.5 Å². The Morgan fingerprint density at radius 3 is 2.50 bits per heavy atom. The minimum Gasteiger partial charge on any atom is -0.462 e.